The molecule has 0 aliphatic carbocycles. The summed E-state index contributed by atoms with van der Waals surface area (Å²) in [5.74, 6) is 1.44. The molecule has 7 nitrogen and oxygen atoms in total. The molecule has 0 saturated heterocycles. The minimum absolute atomic E-state index is 0.0969. The molecule has 8 heteroatoms. The highest BCUT2D eigenvalue weighted by atomic mass is 32.1. The molecule has 0 radical (unpaired) electrons. The first kappa shape index (κ1) is 19.7. The average molecular weight is 375 g/mol. The maximum atomic E-state index is 12.0. The van der Waals surface area contributed by atoms with E-state index >= 15 is 0 Å². The van der Waals surface area contributed by atoms with Crippen LogP contribution in [0.5, 0.6) is 5.75 Å². The molecule has 3 N–H and O–H groups in total. The molecule has 2 rings (SSSR count). The van der Waals surface area contributed by atoms with Gasteiger partial charge in [0.2, 0.25) is 0 Å². The molecule has 1 amide bonds. The SMILES string of the molecule is CCOc1ccccc1CNC(=NC)NCCNC(=O)c1scnc1C. The highest BCUT2D eigenvalue weighted by molar-refractivity contribution is 7.11. The number of aromatic nitrogens is 1. The first-order valence-corrected chi connectivity index (χ1v) is 9.37. The third kappa shape index (κ3) is 5.73. The van der Waals surface area contributed by atoms with E-state index in [2.05, 4.69) is 25.9 Å². The van der Waals surface area contributed by atoms with E-state index in [1.54, 1.807) is 12.6 Å². The van der Waals surface area contributed by atoms with E-state index in [0.717, 1.165) is 17.0 Å². The molecular formula is C18H25N5O2S. The predicted octanol–water partition coefficient (Wildman–Crippen LogP) is 1.95. The average Bonchev–Trinajstić information content (AvgIpc) is 3.08. The van der Waals surface area contributed by atoms with Crippen molar-refractivity contribution in [2.45, 2.75) is 20.4 Å². The van der Waals surface area contributed by atoms with Crippen molar-refractivity contribution < 1.29 is 9.53 Å². The summed E-state index contributed by atoms with van der Waals surface area (Å²) in [7, 11) is 1.71. The zero-order valence-electron chi connectivity index (χ0n) is 15.3. The van der Waals surface area contributed by atoms with Crippen molar-refractivity contribution in [1.82, 2.24) is 20.9 Å². The van der Waals surface area contributed by atoms with Crippen molar-refractivity contribution in [1.29, 1.82) is 0 Å². The largest absolute Gasteiger partial charge is 0.494 e. The second-order valence-corrected chi connectivity index (χ2v) is 6.27. The Balaban J connectivity index is 1.75. The molecule has 1 aromatic heterocycles. The molecule has 1 heterocycles. The van der Waals surface area contributed by atoms with E-state index in [9.17, 15) is 4.79 Å². The number of carbonyl (C=O) groups is 1. The van der Waals surface area contributed by atoms with Crippen LogP contribution in [-0.2, 0) is 6.54 Å². The highest BCUT2D eigenvalue weighted by Crippen LogP contribution is 2.17. The third-order valence-electron chi connectivity index (χ3n) is 3.60. The van der Waals surface area contributed by atoms with Crippen molar-refractivity contribution in [2.24, 2.45) is 4.99 Å². The van der Waals surface area contributed by atoms with Crippen LogP contribution in [0.25, 0.3) is 0 Å². The van der Waals surface area contributed by atoms with Gasteiger partial charge in [0.1, 0.15) is 10.6 Å². The van der Waals surface area contributed by atoms with Gasteiger partial charge in [0.05, 0.1) is 17.8 Å². The number of ether oxygens (including phenoxy) is 1. The molecule has 26 heavy (non-hydrogen) atoms. The number of aryl methyl sites for hydroxylation is 1. The van der Waals surface area contributed by atoms with Gasteiger partial charge in [0.15, 0.2) is 5.96 Å². The quantitative estimate of drug-likeness (QED) is 0.373. The topological polar surface area (TPSA) is 87.6 Å². The Morgan fingerprint density at radius 1 is 1.23 bits per heavy atom. The van der Waals surface area contributed by atoms with Gasteiger partial charge in [-0.25, -0.2) is 4.98 Å². The molecule has 140 valence electrons. The van der Waals surface area contributed by atoms with Crippen LogP contribution in [0.1, 0.15) is 27.9 Å². The molecule has 2 aromatic rings. The van der Waals surface area contributed by atoms with Crippen molar-refractivity contribution in [3.63, 3.8) is 0 Å². The standard InChI is InChI=1S/C18H25N5O2S/c1-4-25-15-8-6-5-7-14(15)11-22-18(19-3)21-10-9-20-17(24)16-13(2)23-12-26-16/h5-8,12H,4,9-11H2,1-3H3,(H,20,24)(H2,19,21,22). The number of para-hydroxylation sites is 1. The van der Waals surface area contributed by atoms with Crippen LogP contribution in [0.2, 0.25) is 0 Å². The van der Waals surface area contributed by atoms with Crippen LogP contribution in [0.3, 0.4) is 0 Å². The first-order valence-electron chi connectivity index (χ1n) is 8.49. The summed E-state index contributed by atoms with van der Waals surface area (Å²) in [6.07, 6.45) is 0. The van der Waals surface area contributed by atoms with Gasteiger partial charge >= 0.3 is 0 Å². The fourth-order valence-corrected chi connectivity index (χ4v) is 3.02. The van der Waals surface area contributed by atoms with E-state index in [-0.39, 0.29) is 5.91 Å². The van der Waals surface area contributed by atoms with Gasteiger partial charge in [0.25, 0.3) is 5.91 Å². The number of aliphatic imine (C=N–C) groups is 1. The first-order chi connectivity index (χ1) is 12.7. The molecule has 0 aliphatic heterocycles. The Morgan fingerprint density at radius 3 is 2.69 bits per heavy atom. The van der Waals surface area contributed by atoms with Crippen molar-refractivity contribution in [3.8, 4) is 5.75 Å². The lowest BCUT2D eigenvalue weighted by Gasteiger charge is -2.14. The van der Waals surface area contributed by atoms with Crippen LogP contribution in [-0.4, -0.2) is 43.6 Å². The number of benzene rings is 1. The molecule has 0 fully saturated rings. The van der Waals surface area contributed by atoms with Crippen molar-refractivity contribution in [2.75, 3.05) is 26.7 Å². The number of hydrogen-bond acceptors (Lipinski definition) is 5. The van der Waals surface area contributed by atoms with Gasteiger partial charge in [-0.2, -0.15) is 0 Å². The molecule has 1 aromatic carbocycles. The van der Waals surface area contributed by atoms with Gasteiger partial charge in [-0.1, -0.05) is 18.2 Å². The van der Waals surface area contributed by atoms with Crippen LogP contribution >= 0.6 is 11.3 Å². The molecule has 0 atom stereocenters. The van der Waals surface area contributed by atoms with E-state index in [4.69, 9.17) is 4.74 Å². The van der Waals surface area contributed by atoms with Gasteiger partial charge in [0, 0.05) is 32.2 Å². The summed E-state index contributed by atoms with van der Waals surface area (Å²) >= 11 is 1.35. The Bertz CT molecular complexity index is 745. The van der Waals surface area contributed by atoms with Crippen LogP contribution in [0.15, 0.2) is 34.8 Å². The normalized spacial score (nSPS) is 11.1. The van der Waals surface area contributed by atoms with Gasteiger partial charge in [-0.3, -0.25) is 9.79 Å². The number of thiazole rings is 1. The Morgan fingerprint density at radius 2 is 2.00 bits per heavy atom. The zero-order chi connectivity index (χ0) is 18.8. The van der Waals surface area contributed by atoms with Crippen LogP contribution in [0, 0.1) is 6.92 Å². The molecule has 0 aliphatic rings. The Hall–Kier alpha value is -2.61. The number of nitrogens with one attached hydrogen (secondary N) is 3. The zero-order valence-corrected chi connectivity index (χ0v) is 16.2. The minimum Gasteiger partial charge on any atom is -0.494 e. The molecule has 0 bridgehead atoms. The molecule has 0 unspecified atom stereocenters. The summed E-state index contributed by atoms with van der Waals surface area (Å²) in [6, 6.07) is 7.90. The lowest BCUT2D eigenvalue weighted by Crippen LogP contribution is -2.41. The summed E-state index contributed by atoms with van der Waals surface area (Å²) in [4.78, 5) is 21.0. The van der Waals surface area contributed by atoms with Crippen molar-refractivity contribution >= 4 is 23.2 Å². The number of hydrogen-bond donors (Lipinski definition) is 3. The minimum atomic E-state index is -0.0969. The van der Waals surface area contributed by atoms with Gasteiger partial charge in [-0.05, 0) is 19.9 Å². The van der Waals surface area contributed by atoms with Crippen LogP contribution in [0.4, 0.5) is 0 Å². The monoisotopic (exact) mass is 375 g/mol. The fraction of sp³-hybridized carbons (Fsp3) is 0.389. The fourth-order valence-electron chi connectivity index (χ4n) is 2.30. The molecule has 0 saturated carbocycles. The molecule has 0 spiro atoms. The number of nitrogens with zero attached hydrogens (tertiary/aromatic N) is 2. The lowest BCUT2D eigenvalue weighted by molar-refractivity contribution is 0.0957. The lowest BCUT2D eigenvalue weighted by atomic mass is 10.2. The smallest absolute Gasteiger partial charge is 0.263 e. The molecular weight excluding hydrogens is 350 g/mol. The summed E-state index contributed by atoms with van der Waals surface area (Å²) in [5, 5.41) is 9.30. The van der Waals surface area contributed by atoms with Gasteiger partial charge in [-0.15, -0.1) is 11.3 Å². The summed E-state index contributed by atoms with van der Waals surface area (Å²) < 4.78 is 5.62. The second-order valence-electron chi connectivity index (χ2n) is 5.42. The summed E-state index contributed by atoms with van der Waals surface area (Å²) in [6.45, 7) is 6.08. The van der Waals surface area contributed by atoms with Crippen molar-refractivity contribution in [3.05, 3.63) is 45.9 Å². The Labute approximate surface area is 157 Å². The second kappa shape index (κ2) is 10.4. The number of carbonyl (C=O) groups excluding carboxylic acids is 1. The maximum Gasteiger partial charge on any atom is 0.263 e. The number of amides is 1. The van der Waals surface area contributed by atoms with Gasteiger partial charge < -0.3 is 20.7 Å². The Kier molecular flexibility index (Phi) is 7.88. The number of guanidine groups is 1. The summed E-state index contributed by atoms with van der Waals surface area (Å²) in [5.41, 5.74) is 3.49. The van der Waals surface area contributed by atoms with E-state index < -0.39 is 0 Å². The number of rotatable bonds is 8. The highest BCUT2D eigenvalue weighted by Gasteiger charge is 2.10. The van der Waals surface area contributed by atoms with E-state index in [0.29, 0.717) is 37.1 Å². The van der Waals surface area contributed by atoms with E-state index in [1.807, 2.05) is 38.1 Å². The third-order valence-corrected chi connectivity index (χ3v) is 4.52. The van der Waals surface area contributed by atoms with Crippen LogP contribution < -0.4 is 20.7 Å². The maximum absolute atomic E-state index is 12.0. The predicted molar refractivity (Wildman–Crippen MR) is 105 cm³/mol. The van der Waals surface area contributed by atoms with E-state index in [1.165, 1.54) is 11.3 Å².